The number of hydrogen-bond donors (Lipinski definition) is 0. The van der Waals surface area contributed by atoms with E-state index in [1.54, 1.807) is 18.2 Å². The maximum absolute atomic E-state index is 6.19. The first kappa shape index (κ1) is 21.4. The molecular formula is C16H19BrCl3NO3. The van der Waals surface area contributed by atoms with Gasteiger partial charge in [-0.25, -0.2) is 0 Å². The van der Waals surface area contributed by atoms with Gasteiger partial charge >= 0.3 is 0 Å². The standard InChI is InChI=1S/C16H19BrCl3NO3/c1-11(2)21-24-7-4-3-6-23-16-13(18)9-12(10-14(16)19)22-8-5-15(17)20/h5,9-10H,3-4,6-8H2,1-2H3/b15-5-. The second-order valence-corrected chi connectivity index (χ2v) is 7.48. The number of unbranched alkanes of at least 4 members (excludes halogenated alkanes) is 1. The highest BCUT2D eigenvalue weighted by molar-refractivity contribution is 9.12. The average molecular weight is 460 g/mol. The molecule has 1 aromatic rings. The normalized spacial score (nSPS) is 11.2. The van der Waals surface area contributed by atoms with Crippen molar-refractivity contribution in [1.82, 2.24) is 0 Å². The van der Waals surface area contributed by atoms with Gasteiger partial charge in [0.15, 0.2) is 5.75 Å². The second-order valence-electron chi connectivity index (χ2n) is 4.95. The summed E-state index contributed by atoms with van der Waals surface area (Å²) in [5.41, 5.74) is 0.890. The van der Waals surface area contributed by atoms with Gasteiger partial charge in [0.2, 0.25) is 0 Å². The molecule has 0 aliphatic carbocycles. The third-order valence-electron chi connectivity index (χ3n) is 2.58. The van der Waals surface area contributed by atoms with Crippen molar-refractivity contribution >= 4 is 56.4 Å². The Morgan fingerprint density at radius 2 is 1.75 bits per heavy atom. The predicted octanol–water partition coefficient (Wildman–Crippen LogP) is 6.42. The lowest BCUT2D eigenvalue weighted by atomic mass is 10.3. The van der Waals surface area contributed by atoms with Crippen LogP contribution in [0.3, 0.4) is 0 Å². The van der Waals surface area contributed by atoms with Gasteiger partial charge in [0.1, 0.15) is 19.0 Å². The number of halogens is 4. The molecular weight excluding hydrogens is 440 g/mol. The molecule has 0 radical (unpaired) electrons. The van der Waals surface area contributed by atoms with Gasteiger partial charge in [-0.15, -0.1) is 0 Å². The van der Waals surface area contributed by atoms with Crippen LogP contribution in [-0.4, -0.2) is 25.5 Å². The van der Waals surface area contributed by atoms with Crippen molar-refractivity contribution in [1.29, 1.82) is 0 Å². The van der Waals surface area contributed by atoms with Crippen LogP contribution in [0.2, 0.25) is 10.0 Å². The minimum Gasteiger partial charge on any atom is -0.490 e. The smallest absolute Gasteiger partial charge is 0.156 e. The zero-order valence-corrected chi connectivity index (χ0v) is 17.3. The number of ether oxygens (including phenoxy) is 2. The summed E-state index contributed by atoms with van der Waals surface area (Å²) in [4.78, 5) is 5.11. The Kier molecular flexibility index (Phi) is 10.6. The SMILES string of the molecule is CC(C)=NOCCCCOc1c(Cl)cc(OC/C=C(\Cl)Br)cc1Cl. The number of hydrogen-bond acceptors (Lipinski definition) is 4. The molecule has 0 aromatic heterocycles. The van der Waals surface area contributed by atoms with E-state index >= 15 is 0 Å². The van der Waals surface area contributed by atoms with Crippen LogP contribution < -0.4 is 9.47 Å². The van der Waals surface area contributed by atoms with E-state index in [-0.39, 0.29) is 0 Å². The molecule has 4 nitrogen and oxygen atoms in total. The highest BCUT2D eigenvalue weighted by Gasteiger charge is 2.10. The Bertz CT molecular complexity index is 563. The van der Waals surface area contributed by atoms with Gasteiger partial charge in [0.05, 0.1) is 26.3 Å². The molecule has 0 saturated carbocycles. The Morgan fingerprint density at radius 1 is 1.12 bits per heavy atom. The second kappa shape index (κ2) is 11.9. The fourth-order valence-electron chi connectivity index (χ4n) is 1.58. The molecule has 134 valence electrons. The Morgan fingerprint density at radius 3 is 2.33 bits per heavy atom. The van der Waals surface area contributed by atoms with Crippen LogP contribution in [0.1, 0.15) is 26.7 Å². The van der Waals surface area contributed by atoms with Crippen LogP contribution in [0.4, 0.5) is 0 Å². The molecule has 0 aliphatic heterocycles. The van der Waals surface area contributed by atoms with Crippen molar-refractivity contribution in [2.24, 2.45) is 5.16 Å². The van der Waals surface area contributed by atoms with Crippen molar-refractivity contribution in [2.75, 3.05) is 19.8 Å². The minimum absolute atomic E-state index is 0.302. The van der Waals surface area contributed by atoms with Crippen molar-refractivity contribution < 1.29 is 14.3 Å². The fraction of sp³-hybridized carbons (Fsp3) is 0.438. The molecule has 8 heteroatoms. The molecule has 0 fully saturated rings. The van der Waals surface area contributed by atoms with Crippen LogP contribution in [-0.2, 0) is 4.84 Å². The Hall–Kier alpha value is -0.620. The van der Waals surface area contributed by atoms with Crippen molar-refractivity contribution in [3.8, 4) is 11.5 Å². The Balaban J connectivity index is 2.43. The van der Waals surface area contributed by atoms with Gasteiger partial charge in [0, 0.05) is 12.1 Å². The summed E-state index contributed by atoms with van der Waals surface area (Å²) < 4.78 is 11.6. The number of nitrogens with zero attached hydrogens (tertiary/aromatic N) is 1. The molecule has 0 heterocycles. The highest BCUT2D eigenvalue weighted by atomic mass is 79.9. The van der Waals surface area contributed by atoms with Gasteiger partial charge in [-0.1, -0.05) is 40.0 Å². The first-order chi connectivity index (χ1) is 11.4. The first-order valence-electron chi connectivity index (χ1n) is 7.29. The van der Waals surface area contributed by atoms with E-state index < -0.39 is 0 Å². The van der Waals surface area contributed by atoms with Gasteiger partial charge in [-0.2, -0.15) is 0 Å². The Labute approximate surface area is 165 Å². The topological polar surface area (TPSA) is 40.0 Å². The molecule has 0 unspecified atom stereocenters. The van der Waals surface area contributed by atoms with Gasteiger partial charge in [0.25, 0.3) is 0 Å². The summed E-state index contributed by atoms with van der Waals surface area (Å²) in [7, 11) is 0. The van der Waals surface area contributed by atoms with Gasteiger partial charge in [-0.05, 0) is 48.7 Å². The largest absolute Gasteiger partial charge is 0.490 e. The van der Waals surface area contributed by atoms with Crippen LogP contribution in [0, 0.1) is 0 Å². The summed E-state index contributed by atoms with van der Waals surface area (Å²) in [6, 6.07) is 3.31. The summed E-state index contributed by atoms with van der Waals surface area (Å²) >= 11 is 21.1. The molecule has 0 spiro atoms. The minimum atomic E-state index is 0.302. The van der Waals surface area contributed by atoms with Crippen LogP contribution >= 0.6 is 50.7 Å². The van der Waals surface area contributed by atoms with Crippen LogP contribution in [0.25, 0.3) is 0 Å². The molecule has 24 heavy (non-hydrogen) atoms. The lowest BCUT2D eigenvalue weighted by Gasteiger charge is -2.12. The van der Waals surface area contributed by atoms with Crippen LogP contribution in [0.15, 0.2) is 27.3 Å². The van der Waals surface area contributed by atoms with E-state index in [4.69, 9.17) is 49.1 Å². The average Bonchev–Trinajstić information content (AvgIpc) is 2.47. The highest BCUT2D eigenvalue weighted by Crippen LogP contribution is 2.37. The molecule has 0 saturated heterocycles. The third-order valence-corrected chi connectivity index (χ3v) is 3.62. The first-order valence-corrected chi connectivity index (χ1v) is 9.21. The van der Waals surface area contributed by atoms with E-state index in [1.165, 1.54) is 0 Å². The summed E-state index contributed by atoms with van der Waals surface area (Å²) in [5, 5.41) is 4.65. The van der Waals surface area contributed by atoms with E-state index in [1.807, 2.05) is 13.8 Å². The monoisotopic (exact) mass is 457 g/mol. The zero-order valence-electron chi connectivity index (χ0n) is 13.5. The molecule has 0 aliphatic rings. The number of rotatable bonds is 10. The lowest BCUT2D eigenvalue weighted by Crippen LogP contribution is -2.01. The quantitative estimate of drug-likeness (QED) is 0.230. The maximum Gasteiger partial charge on any atom is 0.156 e. The van der Waals surface area contributed by atoms with E-state index in [9.17, 15) is 0 Å². The third kappa shape index (κ3) is 9.02. The summed E-state index contributed by atoms with van der Waals surface area (Å²) in [5.74, 6) is 0.989. The van der Waals surface area contributed by atoms with Crippen LogP contribution in [0.5, 0.6) is 11.5 Å². The lowest BCUT2D eigenvalue weighted by molar-refractivity contribution is 0.135. The molecule has 0 N–H and O–H groups in total. The predicted molar refractivity (Wildman–Crippen MR) is 104 cm³/mol. The summed E-state index contributed by atoms with van der Waals surface area (Å²) in [6.45, 7) is 5.10. The summed E-state index contributed by atoms with van der Waals surface area (Å²) in [6.07, 6.45) is 3.30. The van der Waals surface area contributed by atoms with E-state index in [0.717, 1.165) is 18.6 Å². The number of oxime groups is 1. The molecule has 1 aromatic carbocycles. The fourth-order valence-corrected chi connectivity index (χ4v) is 2.35. The molecule has 0 amide bonds. The van der Waals surface area contributed by atoms with Crippen molar-refractivity contribution in [2.45, 2.75) is 26.7 Å². The van der Waals surface area contributed by atoms with E-state index in [0.29, 0.717) is 45.3 Å². The zero-order chi connectivity index (χ0) is 17.9. The molecule has 0 atom stereocenters. The molecule has 1 rings (SSSR count). The van der Waals surface area contributed by atoms with Crippen molar-refractivity contribution in [3.63, 3.8) is 0 Å². The van der Waals surface area contributed by atoms with Gasteiger partial charge in [-0.3, -0.25) is 0 Å². The maximum atomic E-state index is 6.19. The molecule has 0 bridgehead atoms. The van der Waals surface area contributed by atoms with Crippen molar-refractivity contribution in [3.05, 3.63) is 32.2 Å². The van der Waals surface area contributed by atoms with E-state index in [2.05, 4.69) is 21.1 Å². The number of benzene rings is 1. The van der Waals surface area contributed by atoms with Gasteiger partial charge < -0.3 is 14.3 Å².